The summed E-state index contributed by atoms with van der Waals surface area (Å²) in [5.41, 5.74) is 0.930. The number of amides is 1. The van der Waals surface area contributed by atoms with Gasteiger partial charge in [-0.15, -0.1) is 0 Å². The van der Waals surface area contributed by atoms with Gasteiger partial charge in [0, 0.05) is 18.8 Å². The lowest BCUT2D eigenvalue weighted by Crippen LogP contribution is -2.37. The lowest BCUT2D eigenvalue weighted by molar-refractivity contribution is -0.00575. The zero-order chi connectivity index (χ0) is 21.1. The van der Waals surface area contributed by atoms with E-state index in [1.165, 1.54) is 0 Å². The first-order chi connectivity index (χ1) is 14.4. The van der Waals surface area contributed by atoms with Crippen molar-refractivity contribution in [3.8, 4) is 11.6 Å². The molecule has 8 nitrogen and oxygen atoms in total. The molecule has 158 valence electrons. The average Bonchev–Trinajstić information content (AvgIpc) is 3.20. The van der Waals surface area contributed by atoms with Gasteiger partial charge in [-0.05, 0) is 85.9 Å². The van der Waals surface area contributed by atoms with Crippen molar-refractivity contribution in [2.75, 3.05) is 6.54 Å². The van der Waals surface area contributed by atoms with Gasteiger partial charge in [-0.25, -0.2) is 9.61 Å². The van der Waals surface area contributed by atoms with Gasteiger partial charge in [-0.3, -0.25) is 4.79 Å². The SMILES string of the molecule is CC(C)(O)[C@H]1CC[C@H](CNC(=O)c2cccnc2Oc2ccc3nonc3c2)CC1. The molecule has 2 aromatic heterocycles. The lowest BCUT2D eigenvalue weighted by Gasteiger charge is -2.35. The van der Waals surface area contributed by atoms with Crippen LogP contribution in [0.1, 0.15) is 49.9 Å². The Morgan fingerprint density at radius 3 is 2.73 bits per heavy atom. The van der Waals surface area contributed by atoms with E-state index < -0.39 is 5.60 Å². The molecule has 1 saturated carbocycles. The van der Waals surface area contributed by atoms with E-state index in [9.17, 15) is 9.90 Å². The minimum atomic E-state index is -0.638. The number of rotatable bonds is 6. The standard InChI is InChI=1S/C22H26N4O4/c1-22(2,28)15-7-5-14(6-8-15)13-24-20(27)17-4-3-11-23-21(17)29-16-9-10-18-19(12-16)26-30-25-18/h3-4,9-12,14-15,28H,5-8,13H2,1-2H3,(H,24,27)/t14-,15-. The second-order valence-corrected chi connectivity index (χ2v) is 8.45. The Morgan fingerprint density at radius 1 is 1.20 bits per heavy atom. The van der Waals surface area contributed by atoms with Crippen molar-refractivity contribution >= 4 is 16.9 Å². The fourth-order valence-electron chi connectivity index (χ4n) is 3.99. The molecule has 30 heavy (non-hydrogen) atoms. The molecule has 2 N–H and O–H groups in total. The van der Waals surface area contributed by atoms with E-state index in [1.807, 2.05) is 13.8 Å². The van der Waals surface area contributed by atoms with E-state index in [1.54, 1.807) is 36.5 Å². The van der Waals surface area contributed by atoms with Crippen LogP contribution in [-0.4, -0.2) is 38.5 Å². The van der Waals surface area contributed by atoms with Crippen molar-refractivity contribution in [3.05, 3.63) is 42.1 Å². The molecule has 0 unspecified atom stereocenters. The van der Waals surface area contributed by atoms with Crippen molar-refractivity contribution < 1.29 is 19.3 Å². The maximum absolute atomic E-state index is 12.8. The van der Waals surface area contributed by atoms with Crippen LogP contribution in [0.25, 0.3) is 11.0 Å². The summed E-state index contributed by atoms with van der Waals surface area (Å²) in [6.07, 6.45) is 5.53. The predicted octanol–water partition coefficient (Wildman–Crippen LogP) is 3.72. The highest BCUT2D eigenvalue weighted by Gasteiger charge is 2.31. The average molecular weight is 410 g/mol. The third-order valence-electron chi connectivity index (χ3n) is 5.85. The van der Waals surface area contributed by atoms with E-state index >= 15 is 0 Å². The monoisotopic (exact) mass is 410 g/mol. The number of fused-ring (bicyclic) bond motifs is 1. The number of aliphatic hydroxyl groups is 1. The van der Waals surface area contributed by atoms with Crippen molar-refractivity contribution in [2.45, 2.75) is 45.1 Å². The van der Waals surface area contributed by atoms with Crippen LogP contribution in [0.4, 0.5) is 0 Å². The zero-order valence-corrected chi connectivity index (χ0v) is 17.2. The molecule has 1 aromatic carbocycles. The Balaban J connectivity index is 1.38. The van der Waals surface area contributed by atoms with Crippen molar-refractivity contribution in [1.82, 2.24) is 20.6 Å². The number of aromatic nitrogens is 3. The maximum atomic E-state index is 12.8. The molecule has 0 aliphatic heterocycles. The van der Waals surface area contributed by atoms with Crippen molar-refractivity contribution in [3.63, 3.8) is 0 Å². The molecule has 8 heteroatoms. The molecule has 1 amide bonds. The number of pyridine rings is 1. The molecule has 1 aliphatic carbocycles. The van der Waals surface area contributed by atoms with Gasteiger partial charge in [0.05, 0.1) is 5.60 Å². The molecular formula is C22H26N4O4. The largest absolute Gasteiger partial charge is 0.438 e. The molecule has 0 saturated heterocycles. The van der Waals surface area contributed by atoms with Crippen LogP contribution in [0, 0.1) is 11.8 Å². The second-order valence-electron chi connectivity index (χ2n) is 8.45. The summed E-state index contributed by atoms with van der Waals surface area (Å²) < 4.78 is 10.5. The number of nitrogens with one attached hydrogen (secondary N) is 1. The molecule has 0 bridgehead atoms. The Labute approximate surface area is 174 Å². The molecule has 0 radical (unpaired) electrons. The third-order valence-corrected chi connectivity index (χ3v) is 5.85. The Bertz CT molecular complexity index is 1020. The first-order valence-electron chi connectivity index (χ1n) is 10.3. The Morgan fingerprint density at radius 2 is 1.97 bits per heavy atom. The number of nitrogens with zero attached hydrogens (tertiary/aromatic N) is 3. The van der Waals surface area contributed by atoms with Gasteiger partial charge in [0.1, 0.15) is 22.3 Å². The molecule has 0 spiro atoms. The van der Waals surface area contributed by atoms with Gasteiger partial charge in [0.15, 0.2) is 0 Å². The lowest BCUT2D eigenvalue weighted by atomic mass is 9.75. The number of hydrogen-bond donors (Lipinski definition) is 2. The van der Waals surface area contributed by atoms with E-state index in [0.29, 0.717) is 40.7 Å². The van der Waals surface area contributed by atoms with Crippen LogP contribution in [0.5, 0.6) is 11.6 Å². The summed E-state index contributed by atoms with van der Waals surface area (Å²) in [5.74, 6) is 1.25. The van der Waals surface area contributed by atoms with Gasteiger partial charge in [0.25, 0.3) is 5.91 Å². The molecule has 1 fully saturated rings. The van der Waals surface area contributed by atoms with E-state index in [4.69, 9.17) is 9.37 Å². The van der Waals surface area contributed by atoms with Gasteiger partial charge >= 0.3 is 0 Å². The molecule has 1 aliphatic rings. The van der Waals surface area contributed by atoms with Crippen LogP contribution < -0.4 is 10.1 Å². The quantitative estimate of drug-likeness (QED) is 0.637. The second kappa shape index (κ2) is 8.39. The minimum Gasteiger partial charge on any atom is -0.438 e. The topological polar surface area (TPSA) is 110 Å². The van der Waals surface area contributed by atoms with E-state index in [-0.39, 0.29) is 11.8 Å². The Kier molecular flexibility index (Phi) is 5.67. The smallest absolute Gasteiger partial charge is 0.256 e. The molecule has 0 atom stereocenters. The normalized spacial score (nSPS) is 19.6. The van der Waals surface area contributed by atoms with Gasteiger partial charge in [-0.2, -0.15) is 0 Å². The number of carbonyl (C=O) groups is 1. The summed E-state index contributed by atoms with van der Waals surface area (Å²) in [7, 11) is 0. The summed E-state index contributed by atoms with van der Waals surface area (Å²) in [6.45, 7) is 4.35. The summed E-state index contributed by atoms with van der Waals surface area (Å²) in [4.78, 5) is 17.0. The van der Waals surface area contributed by atoms with Crippen LogP contribution >= 0.6 is 0 Å². The maximum Gasteiger partial charge on any atom is 0.256 e. The fourth-order valence-corrected chi connectivity index (χ4v) is 3.99. The number of ether oxygens (including phenoxy) is 1. The molecule has 4 rings (SSSR count). The fraction of sp³-hybridized carbons (Fsp3) is 0.455. The van der Waals surface area contributed by atoms with Gasteiger partial charge in [-0.1, -0.05) is 0 Å². The van der Waals surface area contributed by atoms with Gasteiger partial charge in [0.2, 0.25) is 5.88 Å². The van der Waals surface area contributed by atoms with Crippen LogP contribution in [0.15, 0.2) is 41.2 Å². The number of benzene rings is 1. The van der Waals surface area contributed by atoms with E-state index in [2.05, 4.69) is 20.6 Å². The summed E-state index contributed by atoms with van der Waals surface area (Å²) >= 11 is 0. The summed E-state index contributed by atoms with van der Waals surface area (Å²) in [6, 6.07) is 8.54. The molecular weight excluding hydrogens is 384 g/mol. The summed E-state index contributed by atoms with van der Waals surface area (Å²) in [5, 5.41) is 20.8. The highest BCUT2D eigenvalue weighted by atomic mass is 16.6. The van der Waals surface area contributed by atoms with Crippen molar-refractivity contribution in [2.24, 2.45) is 11.8 Å². The minimum absolute atomic E-state index is 0.216. The van der Waals surface area contributed by atoms with Crippen LogP contribution in [0.3, 0.4) is 0 Å². The first-order valence-corrected chi connectivity index (χ1v) is 10.3. The number of carbonyl (C=O) groups excluding carboxylic acids is 1. The number of hydrogen-bond acceptors (Lipinski definition) is 7. The van der Waals surface area contributed by atoms with E-state index in [0.717, 1.165) is 25.7 Å². The highest BCUT2D eigenvalue weighted by molar-refractivity contribution is 5.96. The van der Waals surface area contributed by atoms with Crippen LogP contribution in [-0.2, 0) is 0 Å². The zero-order valence-electron chi connectivity index (χ0n) is 17.2. The first kappa shape index (κ1) is 20.3. The molecule has 2 heterocycles. The van der Waals surface area contributed by atoms with Gasteiger partial charge < -0.3 is 15.2 Å². The molecule has 3 aromatic rings. The van der Waals surface area contributed by atoms with Crippen LogP contribution in [0.2, 0.25) is 0 Å². The third kappa shape index (κ3) is 4.59. The Hall–Kier alpha value is -3.00. The van der Waals surface area contributed by atoms with Crippen molar-refractivity contribution in [1.29, 1.82) is 0 Å². The predicted molar refractivity (Wildman–Crippen MR) is 110 cm³/mol. The highest BCUT2D eigenvalue weighted by Crippen LogP contribution is 2.35.